The second-order valence-corrected chi connectivity index (χ2v) is 8.86. The number of aliphatic hydroxyl groups is 1. The lowest BCUT2D eigenvalue weighted by Gasteiger charge is -2.34. The van der Waals surface area contributed by atoms with Crippen LogP contribution in [0.4, 0.5) is 5.82 Å². The van der Waals surface area contributed by atoms with Crippen molar-refractivity contribution >= 4 is 17.4 Å². The van der Waals surface area contributed by atoms with Crippen molar-refractivity contribution in [1.82, 2.24) is 24.5 Å². The third kappa shape index (κ3) is 4.02. The van der Waals surface area contributed by atoms with Gasteiger partial charge in [0.15, 0.2) is 5.65 Å². The fourth-order valence-electron chi connectivity index (χ4n) is 4.88. The standard InChI is InChI=1S/C24H27N7O2/c1-16-13-31-22(27-23(16)29-10-8-17(12-25)14-29)11-20(28-31)21-7-2-3-9-30(21)24(33)19-6-4-5-18(15-32)26-19/h4-6,11,13,17,21,32H,2-3,7-10,14-15H2,1H3/t17-,21+/m1/s1. The molecule has 9 heteroatoms. The van der Waals surface area contributed by atoms with Gasteiger partial charge >= 0.3 is 0 Å². The summed E-state index contributed by atoms with van der Waals surface area (Å²) in [5, 5.41) is 23.4. The molecule has 0 aromatic carbocycles. The Morgan fingerprint density at radius 2 is 2.12 bits per heavy atom. The van der Waals surface area contributed by atoms with Crippen LogP contribution >= 0.6 is 0 Å². The van der Waals surface area contributed by atoms with E-state index in [-0.39, 0.29) is 24.5 Å². The summed E-state index contributed by atoms with van der Waals surface area (Å²) in [6.07, 6.45) is 5.62. The van der Waals surface area contributed by atoms with Gasteiger partial charge in [0.2, 0.25) is 0 Å². The lowest BCUT2D eigenvalue weighted by molar-refractivity contribution is 0.0599. The highest BCUT2D eigenvalue weighted by Gasteiger charge is 2.32. The zero-order valence-electron chi connectivity index (χ0n) is 18.7. The van der Waals surface area contributed by atoms with Crippen molar-refractivity contribution in [2.75, 3.05) is 24.5 Å². The fraction of sp³-hybridized carbons (Fsp3) is 0.458. The molecule has 2 atom stereocenters. The molecule has 2 aliphatic rings. The molecule has 5 rings (SSSR count). The molecule has 33 heavy (non-hydrogen) atoms. The molecular weight excluding hydrogens is 418 g/mol. The number of carbonyl (C=O) groups excluding carboxylic acids is 1. The topological polar surface area (TPSA) is 111 Å². The van der Waals surface area contributed by atoms with E-state index in [0.29, 0.717) is 24.5 Å². The van der Waals surface area contributed by atoms with Gasteiger partial charge in [-0.2, -0.15) is 10.4 Å². The van der Waals surface area contributed by atoms with Gasteiger partial charge in [-0.25, -0.2) is 14.5 Å². The molecule has 0 saturated carbocycles. The molecule has 0 aliphatic carbocycles. The number of aryl methyl sites for hydroxylation is 1. The number of hydrogen-bond donors (Lipinski definition) is 1. The first-order chi connectivity index (χ1) is 16.1. The lowest BCUT2D eigenvalue weighted by Crippen LogP contribution is -2.39. The molecular formula is C24H27N7O2. The molecule has 3 aromatic rings. The summed E-state index contributed by atoms with van der Waals surface area (Å²) in [4.78, 5) is 26.5. The number of aliphatic hydroxyl groups excluding tert-OH is 1. The van der Waals surface area contributed by atoms with Crippen LogP contribution in [0.5, 0.6) is 0 Å². The number of carbonyl (C=O) groups is 1. The zero-order valence-corrected chi connectivity index (χ0v) is 18.7. The number of fused-ring (bicyclic) bond motifs is 1. The molecule has 5 heterocycles. The third-order valence-corrected chi connectivity index (χ3v) is 6.59. The van der Waals surface area contributed by atoms with Crippen LogP contribution in [-0.4, -0.2) is 55.1 Å². The summed E-state index contributed by atoms with van der Waals surface area (Å²) in [6.45, 7) is 3.99. The van der Waals surface area contributed by atoms with Crippen molar-refractivity contribution in [3.05, 3.63) is 53.1 Å². The molecule has 2 saturated heterocycles. The number of pyridine rings is 1. The van der Waals surface area contributed by atoms with Gasteiger partial charge in [-0.3, -0.25) is 4.79 Å². The maximum atomic E-state index is 13.3. The lowest BCUT2D eigenvalue weighted by atomic mass is 9.99. The molecule has 0 unspecified atom stereocenters. The minimum atomic E-state index is -0.198. The van der Waals surface area contributed by atoms with Gasteiger partial charge in [-0.1, -0.05) is 6.07 Å². The predicted octanol–water partition coefficient (Wildman–Crippen LogP) is 2.64. The normalized spacial score (nSPS) is 20.9. The molecule has 0 bridgehead atoms. The second-order valence-electron chi connectivity index (χ2n) is 8.86. The van der Waals surface area contributed by atoms with Gasteiger partial charge in [0.05, 0.1) is 36.0 Å². The van der Waals surface area contributed by atoms with E-state index >= 15 is 0 Å². The zero-order chi connectivity index (χ0) is 22.9. The molecule has 170 valence electrons. The largest absolute Gasteiger partial charge is 0.390 e. The maximum absolute atomic E-state index is 13.3. The van der Waals surface area contributed by atoms with Gasteiger partial charge in [-0.15, -0.1) is 0 Å². The maximum Gasteiger partial charge on any atom is 0.273 e. The summed E-state index contributed by atoms with van der Waals surface area (Å²) in [5.74, 6) is 0.799. The van der Waals surface area contributed by atoms with Crippen molar-refractivity contribution < 1.29 is 9.90 Å². The number of rotatable bonds is 4. The smallest absolute Gasteiger partial charge is 0.273 e. The second kappa shape index (κ2) is 8.79. The van der Waals surface area contributed by atoms with E-state index in [1.54, 1.807) is 22.7 Å². The molecule has 0 spiro atoms. The first-order valence-corrected chi connectivity index (χ1v) is 11.5. The Labute approximate surface area is 192 Å². The van der Waals surface area contributed by atoms with E-state index in [4.69, 9.17) is 10.1 Å². The first-order valence-electron chi connectivity index (χ1n) is 11.5. The SMILES string of the molecule is Cc1cn2nc([C@@H]3CCCCN3C(=O)c3cccc(CO)n3)cc2nc1N1CC[C@H](C#N)C1. The quantitative estimate of drug-likeness (QED) is 0.657. The van der Waals surface area contributed by atoms with Crippen LogP contribution in [0.2, 0.25) is 0 Å². The highest BCUT2D eigenvalue weighted by molar-refractivity contribution is 5.92. The highest BCUT2D eigenvalue weighted by atomic mass is 16.3. The number of nitrogens with zero attached hydrogens (tertiary/aromatic N) is 7. The average Bonchev–Trinajstić information content (AvgIpc) is 3.49. The van der Waals surface area contributed by atoms with Crippen LogP contribution in [0.3, 0.4) is 0 Å². The Hall–Kier alpha value is -3.51. The van der Waals surface area contributed by atoms with Crippen molar-refractivity contribution in [1.29, 1.82) is 5.26 Å². The summed E-state index contributed by atoms with van der Waals surface area (Å²) in [5.41, 5.74) is 3.40. The molecule has 9 nitrogen and oxygen atoms in total. The number of likely N-dealkylation sites (tertiary alicyclic amines) is 1. The van der Waals surface area contributed by atoms with Crippen LogP contribution in [0.15, 0.2) is 30.5 Å². The van der Waals surface area contributed by atoms with E-state index < -0.39 is 0 Å². The van der Waals surface area contributed by atoms with E-state index in [9.17, 15) is 15.2 Å². The highest BCUT2D eigenvalue weighted by Crippen LogP contribution is 2.32. The van der Waals surface area contributed by atoms with Crippen molar-refractivity contribution in [2.24, 2.45) is 5.92 Å². The van der Waals surface area contributed by atoms with Crippen molar-refractivity contribution in [3.63, 3.8) is 0 Å². The summed E-state index contributed by atoms with van der Waals surface area (Å²) >= 11 is 0. The Bertz CT molecular complexity index is 1230. The molecule has 0 radical (unpaired) electrons. The van der Waals surface area contributed by atoms with Crippen LogP contribution < -0.4 is 4.90 Å². The van der Waals surface area contributed by atoms with E-state index in [2.05, 4.69) is 16.0 Å². The number of amides is 1. The molecule has 3 aromatic heterocycles. The fourth-order valence-corrected chi connectivity index (χ4v) is 4.88. The number of hydrogen-bond acceptors (Lipinski definition) is 7. The van der Waals surface area contributed by atoms with Crippen molar-refractivity contribution in [2.45, 2.75) is 45.3 Å². The number of nitriles is 1. The monoisotopic (exact) mass is 445 g/mol. The summed E-state index contributed by atoms with van der Waals surface area (Å²) in [7, 11) is 0. The summed E-state index contributed by atoms with van der Waals surface area (Å²) in [6, 6.07) is 9.33. The van der Waals surface area contributed by atoms with E-state index in [1.807, 2.05) is 24.1 Å². The van der Waals surface area contributed by atoms with Crippen LogP contribution in [0.25, 0.3) is 5.65 Å². The van der Waals surface area contributed by atoms with E-state index in [0.717, 1.165) is 55.0 Å². The molecule has 2 aliphatic heterocycles. The Morgan fingerprint density at radius 1 is 1.24 bits per heavy atom. The Morgan fingerprint density at radius 3 is 2.91 bits per heavy atom. The van der Waals surface area contributed by atoms with Gasteiger partial charge in [0.25, 0.3) is 5.91 Å². The summed E-state index contributed by atoms with van der Waals surface area (Å²) < 4.78 is 1.79. The third-order valence-electron chi connectivity index (χ3n) is 6.59. The first kappa shape index (κ1) is 21.3. The van der Waals surface area contributed by atoms with Gasteiger partial charge < -0.3 is 14.9 Å². The molecule has 1 amide bonds. The van der Waals surface area contributed by atoms with Gasteiger partial charge in [0.1, 0.15) is 11.5 Å². The Kier molecular flexibility index (Phi) is 5.68. The van der Waals surface area contributed by atoms with Crippen molar-refractivity contribution in [3.8, 4) is 6.07 Å². The molecule has 2 fully saturated rings. The van der Waals surface area contributed by atoms with Crippen LogP contribution in [0.1, 0.15) is 59.2 Å². The number of piperidine rings is 1. The average molecular weight is 446 g/mol. The van der Waals surface area contributed by atoms with E-state index in [1.165, 1.54) is 0 Å². The predicted molar refractivity (Wildman–Crippen MR) is 121 cm³/mol. The minimum Gasteiger partial charge on any atom is -0.390 e. The van der Waals surface area contributed by atoms with Gasteiger partial charge in [-0.05, 0) is 44.7 Å². The Balaban J connectivity index is 1.45. The molecule has 1 N–H and O–H groups in total. The van der Waals surface area contributed by atoms with Crippen LogP contribution in [0, 0.1) is 24.2 Å². The van der Waals surface area contributed by atoms with Crippen LogP contribution in [-0.2, 0) is 6.61 Å². The minimum absolute atomic E-state index is 0.0441. The number of aromatic nitrogens is 4. The number of anilines is 1. The van der Waals surface area contributed by atoms with Gasteiger partial charge in [0, 0.05) is 37.5 Å².